The highest BCUT2D eigenvalue weighted by Crippen LogP contribution is 2.19. The molecule has 29 heavy (non-hydrogen) atoms. The van der Waals surface area contributed by atoms with E-state index in [2.05, 4.69) is 55.8 Å². The van der Waals surface area contributed by atoms with Crippen LogP contribution in [0.5, 0.6) is 5.75 Å². The molecule has 0 unspecified atom stereocenters. The lowest BCUT2D eigenvalue weighted by Crippen LogP contribution is -3.07. The number of nitrogens with one attached hydrogen (secondary N) is 2. The third-order valence-electron chi connectivity index (χ3n) is 5.14. The molecule has 0 aliphatic carbocycles. The molecule has 0 saturated carbocycles. The van der Waals surface area contributed by atoms with Gasteiger partial charge in [0, 0.05) is 5.56 Å². The zero-order valence-corrected chi connectivity index (χ0v) is 17.3. The summed E-state index contributed by atoms with van der Waals surface area (Å²) in [5.41, 5.74) is 4.53. The van der Waals surface area contributed by atoms with Crippen molar-refractivity contribution in [1.82, 2.24) is 5.32 Å². The Morgan fingerprint density at radius 1 is 0.897 bits per heavy atom. The molecule has 0 heterocycles. The van der Waals surface area contributed by atoms with Crippen molar-refractivity contribution in [1.29, 1.82) is 0 Å². The van der Waals surface area contributed by atoms with Crippen molar-refractivity contribution in [3.63, 3.8) is 0 Å². The van der Waals surface area contributed by atoms with Gasteiger partial charge in [-0.2, -0.15) is 0 Å². The van der Waals surface area contributed by atoms with Crippen LogP contribution in [0.3, 0.4) is 0 Å². The molecule has 0 bridgehead atoms. The summed E-state index contributed by atoms with van der Waals surface area (Å²) >= 11 is 0. The summed E-state index contributed by atoms with van der Waals surface area (Å²) in [5, 5.41) is 3.09. The molecule has 0 aliphatic rings. The number of carbonyl (C=O) groups is 1. The number of hydrogen-bond acceptors (Lipinski definition) is 2. The largest absolute Gasteiger partial charge is 0.497 e. The Balaban J connectivity index is 1.57. The number of ether oxygens (including phenoxy) is 1. The second kappa shape index (κ2) is 9.89. The summed E-state index contributed by atoms with van der Waals surface area (Å²) in [4.78, 5) is 13.8. The van der Waals surface area contributed by atoms with Gasteiger partial charge in [0.05, 0.1) is 34.2 Å². The molecule has 0 aliphatic heterocycles. The Labute approximate surface area is 173 Å². The Morgan fingerprint density at radius 3 is 2.10 bits per heavy atom. The van der Waals surface area contributed by atoms with Gasteiger partial charge >= 0.3 is 0 Å². The van der Waals surface area contributed by atoms with Gasteiger partial charge in [-0.05, 0) is 41.0 Å². The molecule has 4 nitrogen and oxygen atoms in total. The number of hydrogen-bond donors (Lipinski definition) is 2. The lowest BCUT2D eigenvalue weighted by atomic mass is 10.0. The van der Waals surface area contributed by atoms with Crippen molar-refractivity contribution in [3.8, 4) is 16.9 Å². The van der Waals surface area contributed by atoms with E-state index >= 15 is 0 Å². The number of benzene rings is 3. The first-order valence-electron chi connectivity index (χ1n) is 9.92. The normalized spacial score (nSPS) is 11.9. The molecular formula is C25H29N2O2+. The SMILES string of the molecule is COc1ccc([C@H](CNC(=O)Cc2ccc(-c3ccccc3)cc2)[NH+](C)C)cc1. The van der Waals surface area contributed by atoms with Crippen LogP contribution in [-0.2, 0) is 11.2 Å². The lowest BCUT2D eigenvalue weighted by Gasteiger charge is -2.22. The number of quaternary nitrogens is 1. The highest BCUT2D eigenvalue weighted by molar-refractivity contribution is 5.79. The highest BCUT2D eigenvalue weighted by atomic mass is 16.5. The molecule has 3 aromatic rings. The third kappa shape index (κ3) is 5.69. The van der Waals surface area contributed by atoms with E-state index in [1.807, 2.05) is 42.5 Å². The molecule has 2 N–H and O–H groups in total. The van der Waals surface area contributed by atoms with Crippen molar-refractivity contribution in [3.05, 3.63) is 90.0 Å². The average molecular weight is 390 g/mol. The lowest BCUT2D eigenvalue weighted by molar-refractivity contribution is -0.890. The summed E-state index contributed by atoms with van der Waals surface area (Å²) in [6.07, 6.45) is 0.382. The van der Waals surface area contributed by atoms with Crippen LogP contribution in [0, 0.1) is 0 Å². The Kier molecular flexibility index (Phi) is 7.04. The van der Waals surface area contributed by atoms with Crippen LogP contribution in [0.2, 0.25) is 0 Å². The van der Waals surface area contributed by atoms with Gasteiger partial charge in [-0.15, -0.1) is 0 Å². The van der Waals surface area contributed by atoms with Gasteiger partial charge in [0.2, 0.25) is 5.91 Å². The van der Waals surface area contributed by atoms with Crippen LogP contribution in [0.25, 0.3) is 11.1 Å². The summed E-state index contributed by atoms with van der Waals surface area (Å²) in [6, 6.07) is 26.7. The minimum absolute atomic E-state index is 0.0391. The fourth-order valence-electron chi connectivity index (χ4n) is 3.40. The molecule has 3 aromatic carbocycles. The molecule has 1 amide bonds. The van der Waals surface area contributed by atoms with Crippen molar-refractivity contribution in [2.24, 2.45) is 0 Å². The van der Waals surface area contributed by atoms with Gasteiger partial charge in [-0.3, -0.25) is 4.79 Å². The van der Waals surface area contributed by atoms with E-state index < -0.39 is 0 Å². The molecule has 4 heteroatoms. The van der Waals surface area contributed by atoms with E-state index in [1.165, 1.54) is 16.0 Å². The minimum Gasteiger partial charge on any atom is -0.497 e. The molecule has 0 aromatic heterocycles. The topological polar surface area (TPSA) is 42.8 Å². The van der Waals surface area contributed by atoms with Gasteiger partial charge in [0.1, 0.15) is 11.8 Å². The Morgan fingerprint density at radius 2 is 1.52 bits per heavy atom. The summed E-state index contributed by atoms with van der Waals surface area (Å²) in [6.45, 7) is 0.593. The van der Waals surface area contributed by atoms with Gasteiger partial charge in [-0.25, -0.2) is 0 Å². The van der Waals surface area contributed by atoms with Gasteiger partial charge in [0.25, 0.3) is 0 Å². The average Bonchev–Trinajstić information content (AvgIpc) is 2.75. The van der Waals surface area contributed by atoms with Crippen LogP contribution < -0.4 is 15.0 Å². The zero-order chi connectivity index (χ0) is 20.6. The molecule has 0 saturated heterocycles. The van der Waals surface area contributed by atoms with Crippen LogP contribution in [0.4, 0.5) is 0 Å². The second-order valence-corrected chi connectivity index (χ2v) is 7.45. The first-order chi connectivity index (χ1) is 14.1. The van der Waals surface area contributed by atoms with E-state index in [4.69, 9.17) is 4.74 Å². The van der Waals surface area contributed by atoms with Crippen LogP contribution >= 0.6 is 0 Å². The Hall–Kier alpha value is -3.11. The van der Waals surface area contributed by atoms with E-state index in [9.17, 15) is 4.79 Å². The van der Waals surface area contributed by atoms with E-state index in [1.54, 1.807) is 7.11 Å². The van der Waals surface area contributed by atoms with Crippen molar-refractivity contribution in [2.75, 3.05) is 27.7 Å². The molecule has 0 radical (unpaired) electrons. The summed E-state index contributed by atoms with van der Waals surface area (Å²) in [7, 11) is 5.86. The molecule has 150 valence electrons. The number of methoxy groups -OCH3 is 1. The maximum atomic E-state index is 12.5. The fraction of sp³-hybridized carbons (Fsp3) is 0.240. The van der Waals surface area contributed by atoms with Crippen molar-refractivity contribution >= 4 is 5.91 Å². The first kappa shape index (κ1) is 20.6. The summed E-state index contributed by atoms with van der Waals surface area (Å²) in [5.74, 6) is 0.876. The maximum Gasteiger partial charge on any atom is 0.224 e. The molecule has 1 atom stereocenters. The Bertz CT molecular complexity index is 904. The van der Waals surface area contributed by atoms with Gasteiger partial charge in [-0.1, -0.05) is 54.6 Å². The van der Waals surface area contributed by atoms with E-state index in [0.717, 1.165) is 16.9 Å². The predicted octanol–water partition coefficient (Wildman–Crippen LogP) is 2.91. The smallest absolute Gasteiger partial charge is 0.224 e. The number of likely N-dealkylation sites (N-methyl/N-ethyl adjacent to an activating group) is 1. The van der Waals surface area contributed by atoms with Crippen molar-refractivity contribution in [2.45, 2.75) is 12.5 Å². The van der Waals surface area contributed by atoms with E-state index in [-0.39, 0.29) is 11.9 Å². The monoisotopic (exact) mass is 389 g/mol. The van der Waals surface area contributed by atoms with E-state index in [0.29, 0.717) is 13.0 Å². The van der Waals surface area contributed by atoms with Crippen LogP contribution in [0.15, 0.2) is 78.9 Å². The standard InChI is InChI=1S/C25H28N2O2/c1-27(2)24(22-13-15-23(29-3)16-14-22)18-26-25(28)17-19-9-11-21(12-10-19)20-7-5-4-6-8-20/h4-16,24H,17-18H2,1-3H3,(H,26,28)/p+1/t24-/m0/s1. The molecule has 0 fully saturated rings. The highest BCUT2D eigenvalue weighted by Gasteiger charge is 2.19. The number of amides is 1. The zero-order valence-electron chi connectivity index (χ0n) is 17.3. The van der Waals surface area contributed by atoms with Crippen molar-refractivity contribution < 1.29 is 14.4 Å². The minimum atomic E-state index is 0.0391. The predicted molar refractivity (Wildman–Crippen MR) is 117 cm³/mol. The number of rotatable bonds is 8. The van der Waals surface area contributed by atoms with Crippen LogP contribution in [-0.4, -0.2) is 33.7 Å². The summed E-state index contributed by atoms with van der Waals surface area (Å²) < 4.78 is 5.23. The first-order valence-corrected chi connectivity index (χ1v) is 9.92. The quantitative estimate of drug-likeness (QED) is 0.622. The van der Waals surface area contributed by atoms with Gasteiger partial charge in [0.15, 0.2) is 0 Å². The molecular weight excluding hydrogens is 360 g/mol. The number of carbonyl (C=O) groups excluding carboxylic acids is 1. The van der Waals surface area contributed by atoms with Gasteiger partial charge < -0.3 is 15.0 Å². The molecule has 0 spiro atoms. The molecule has 3 rings (SSSR count). The fourth-order valence-corrected chi connectivity index (χ4v) is 3.40. The second-order valence-electron chi connectivity index (χ2n) is 7.45. The van der Waals surface area contributed by atoms with Crippen LogP contribution in [0.1, 0.15) is 17.2 Å². The third-order valence-corrected chi connectivity index (χ3v) is 5.14. The maximum absolute atomic E-state index is 12.5.